The minimum atomic E-state index is 0.894. The first kappa shape index (κ1) is 12.0. The molecule has 0 aromatic heterocycles. The Hall–Kier alpha value is -0.0800. The van der Waals surface area contributed by atoms with Crippen molar-refractivity contribution >= 4 is 0 Å². The molecule has 14 heavy (non-hydrogen) atoms. The molecule has 2 atom stereocenters. The molecule has 2 nitrogen and oxygen atoms in total. The second kappa shape index (κ2) is 6.41. The summed E-state index contributed by atoms with van der Waals surface area (Å²) in [6.07, 6.45) is 2.61. The second-order valence-electron chi connectivity index (χ2n) is 4.82. The molecule has 0 radical (unpaired) electrons. The Balaban J connectivity index is 1.97. The van der Waals surface area contributed by atoms with Gasteiger partial charge in [0.2, 0.25) is 0 Å². The molecule has 1 fully saturated rings. The van der Waals surface area contributed by atoms with E-state index in [1.165, 1.54) is 45.6 Å². The smallest absolute Gasteiger partial charge is 0.0107 e. The van der Waals surface area contributed by atoms with Crippen molar-refractivity contribution in [3.63, 3.8) is 0 Å². The second-order valence-corrected chi connectivity index (χ2v) is 4.82. The zero-order valence-electron chi connectivity index (χ0n) is 10.1. The van der Waals surface area contributed by atoms with Gasteiger partial charge in [0.1, 0.15) is 0 Å². The Bertz CT molecular complexity index is 137. The normalized spacial score (nSPS) is 28.5. The van der Waals surface area contributed by atoms with Gasteiger partial charge in [-0.3, -0.25) is 0 Å². The van der Waals surface area contributed by atoms with E-state index in [1.807, 2.05) is 0 Å². The van der Waals surface area contributed by atoms with E-state index in [-0.39, 0.29) is 0 Å². The van der Waals surface area contributed by atoms with Crippen LogP contribution in [0.3, 0.4) is 0 Å². The minimum Gasteiger partial charge on any atom is -0.315 e. The summed E-state index contributed by atoms with van der Waals surface area (Å²) in [7, 11) is 0. The first-order valence-electron chi connectivity index (χ1n) is 6.17. The van der Waals surface area contributed by atoms with Gasteiger partial charge in [-0.15, -0.1) is 0 Å². The minimum absolute atomic E-state index is 0.894. The van der Waals surface area contributed by atoms with Crippen molar-refractivity contribution < 1.29 is 0 Å². The summed E-state index contributed by atoms with van der Waals surface area (Å²) in [5, 5.41) is 3.50. The highest BCUT2D eigenvalue weighted by molar-refractivity contribution is 4.78. The highest BCUT2D eigenvalue weighted by Crippen LogP contribution is 2.21. The van der Waals surface area contributed by atoms with E-state index in [0.717, 1.165) is 11.8 Å². The first-order valence-corrected chi connectivity index (χ1v) is 6.17. The van der Waals surface area contributed by atoms with E-state index in [4.69, 9.17) is 0 Å². The van der Waals surface area contributed by atoms with Crippen LogP contribution in [0, 0.1) is 11.8 Å². The lowest BCUT2D eigenvalue weighted by molar-refractivity contribution is 0.321. The van der Waals surface area contributed by atoms with E-state index in [9.17, 15) is 0 Å². The van der Waals surface area contributed by atoms with Crippen LogP contribution in [0.25, 0.3) is 0 Å². The largest absolute Gasteiger partial charge is 0.315 e. The van der Waals surface area contributed by atoms with Gasteiger partial charge in [-0.25, -0.2) is 0 Å². The van der Waals surface area contributed by atoms with Gasteiger partial charge in [0.05, 0.1) is 0 Å². The lowest BCUT2D eigenvalue weighted by Gasteiger charge is -2.15. The van der Waals surface area contributed by atoms with E-state index < -0.39 is 0 Å². The molecule has 1 N–H and O–H groups in total. The Morgan fingerprint density at radius 1 is 1.14 bits per heavy atom. The molecule has 0 aromatic rings. The maximum absolute atomic E-state index is 3.50. The third-order valence-corrected chi connectivity index (χ3v) is 3.38. The molecule has 1 aliphatic heterocycles. The van der Waals surface area contributed by atoms with Crippen LogP contribution in [0.15, 0.2) is 0 Å². The fourth-order valence-electron chi connectivity index (χ4n) is 2.10. The number of hydrogen-bond donors (Lipinski definition) is 1. The molecule has 2 heteroatoms. The number of unbranched alkanes of at least 4 members (excludes halogenated alkanes) is 1. The molecule has 1 heterocycles. The van der Waals surface area contributed by atoms with Gasteiger partial charge in [-0.1, -0.05) is 27.2 Å². The van der Waals surface area contributed by atoms with Crippen LogP contribution in [0.2, 0.25) is 0 Å². The molecular formula is C12H26N2. The van der Waals surface area contributed by atoms with Crippen LogP contribution in [-0.2, 0) is 0 Å². The SMILES string of the molecule is CCCCNCCN1CC(C)C(C)C1. The summed E-state index contributed by atoms with van der Waals surface area (Å²) >= 11 is 0. The van der Waals surface area contributed by atoms with Crippen molar-refractivity contribution in [3.05, 3.63) is 0 Å². The molecule has 0 bridgehead atoms. The maximum Gasteiger partial charge on any atom is 0.0107 e. The highest BCUT2D eigenvalue weighted by atomic mass is 15.2. The van der Waals surface area contributed by atoms with E-state index >= 15 is 0 Å². The highest BCUT2D eigenvalue weighted by Gasteiger charge is 2.24. The van der Waals surface area contributed by atoms with Gasteiger partial charge < -0.3 is 10.2 Å². The molecule has 1 aliphatic rings. The van der Waals surface area contributed by atoms with Crippen LogP contribution in [0.4, 0.5) is 0 Å². The Kier molecular flexibility index (Phi) is 5.49. The molecule has 0 saturated carbocycles. The van der Waals surface area contributed by atoms with Gasteiger partial charge in [-0.05, 0) is 24.8 Å². The van der Waals surface area contributed by atoms with E-state index in [2.05, 4.69) is 31.0 Å². The molecule has 0 spiro atoms. The number of nitrogens with zero attached hydrogens (tertiary/aromatic N) is 1. The van der Waals surface area contributed by atoms with Gasteiger partial charge in [-0.2, -0.15) is 0 Å². The van der Waals surface area contributed by atoms with Crippen molar-refractivity contribution in [2.45, 2.75) is 33.6 Å². The monoisotopic (exact) mass is 198 g/mol. The topological polar surface area (TPSA) is 15.3 Å². The summed E-state index contributed by atoms with van der Waals surface area (Å²) < 4.78 is 0. The molecule has 0 aromatic carbocycles. The zero-order valence-corrected chi connectivity index (χ0v) is 10.1. The fraction of sp³-hybridized carbons (Fsp3) is 1.00. The third-order valence-electron chi connectivity index (χ3n) is 3.38. The summed E-state index contributed by atoms with van der Waals surface area (Å²) in [6.45, 7) is 13.2. The van der Waals surface area contributed by atoms with Crippen molar-refractivity contribution in [3.8, 4) is 0 Å². The van der Waals surface area contributed by atoms with Crippen LogP contribution in [0.1, 0.15) is 33.6 Å². The van der Waals surface area contributed by atoms with Crippen molar-refractivity contribution in [1.82, 2.24) is 10.2 Å². The first-order chi connectivity index (χ1) is 6.74. The average Bonchev–Trinajstić information content (AvgIpc) is 2.46. The Labute approximate surface area is 89.1 Å². The van der Waals surface area contributed by atoms with Crippen molar-refractivity contribution in [2.24, 2.45) is 11.8 Å². The lowest BCUT2D eigenvalue weighted by atomic mass is 10.0. The van der Waals surface area contributed by atoms with Gasteiger partial charge in [0, 0.05) is 26.2 Å². The zero-order chi connectivity index (χ0) is 10.4. The summed E-state index contributed by atoms with van der Waals surface area (Å²) in [5.41, 5.74) is 0. The third kappa shape index (κ3) is 3.97. The molecule has 1 rings (SSSR count). The molecule has 0 aliphatic carbocycles. The average molecular weight is 198 g/mol. The number of rotatable bonds is 6. The Morgan fingerprint density at radius 2 is 1.79 bits per heavy atom. The predicted molar refractivity (Wildman–Crippen MR) is 62.5 cm³/mol. The number of nitrogens with one attached hydrogen (secondary N) is 1. The van der Waals surface area contributed by atoms with Gasteiger partial charge in [0.15, 0.2) is 0 Å². The lowest BCUT2D eigenvalue weighted by Crippen LogP contribution is -2.31. The van der Waals surface area contributed by atoms with Gasteiger partial charge in [0.25, 0.3) is 0 Å². The van der Waals surface area contributed by atoms with Gasteiger partial charge >= 0.3 is 0 Å². The van der Waals surface area contributed by atoms with Crippen molar-refractivity contribution in [2.75, 3.05) is 32.7 Å². The van der Waals surface area contributed by atoms with Crippen LogP contribution < -0.4 is 5.32 Å². The molecular weight excluding hydrogens is 172 g/mol. The standard InChI is InChI=1S/C12H26N2/c1-4-5-6-13-7-8-14-9-11(2)12(3)10-14/h11-13H,4-10H2,1-3H3. The Morgan fingerprint density at radius 3 is 2.36 bits per heavy atom. The number of likely N-dealkylation sites (tertiary alicyclic amines) is 1. The molecule has 2 unspecified atom stereocenters. The molecule has 1 saturated heterocycles. The maximum atomic E-state index is 3.50. The van der Waals surface area contributed by atoms with Crippen molar-refractivity contribution in [1.29, 1.82) is 0 Å². The van der Waals surface area contributed by atoms with E-state index in [0.29, 0.717) is 0 Å². The number of hydrogen-bond acceptors (Lipinski definition) is 2. The van der Waals surface area contributed by atoms with Crippen LogP contribution >= 0.6 is 0 Å². The summed E-state index contributed by atoms with van der Waals surface area (Å²) in [4.78, 5) is 2.59. The predicted octanol–water partition coefficient (Wildman–Crippen LogP) is 1.96. The van der Waals surface area contributed by atoms with Crippen LogP contribution in [-0.4, -0.2) is 37.6 Å². The fourth-order valence-corrected chi connectivity index (χ4v) is 2.10. The summed E-state index contributed by atoms with van der Waals surface area (Å²) in [5.74, 6) is 1.79. The quantitative estimate of drug-likeness (QED) is 0.656. The van der Waals surface area contributed by atoms with Crippen LogP contribution in [0.5, 0.6) is 0 Å². The summed E-state index contributed by atoms with van der Waals surface area (Å²) in [6, 6.07) is 0. The van der Waals surface area contributed by atoms with E-state index in [1.54, 1.807) is 0 Å². The molecule has 0 amide bonds. The molecule has 84 valence electrons.